The lowest BCUT2D eigenvalue weighted by Crippen LogP contribution is -2.35. The fraction of sp³-hybridized carbons (Fsp3) is 0.133. The standard InChI is InChI=1S/C15H7BrClF6N3O2/c16-10-8(15(21,22)23)4-6(14(18,19)20)5-9(10)25-13(28)26-12(27)7-2-1-3-24-11(7)17/h1-5H,(H2,25,26,27,28). The zero-order chi connectivity index (χ0) is 21.3. The van der Waals surface area contributed by atoms with E-state index >= 15 is 0 Å². The Hall–Kier alpha value is -2.34. The highest BCUT2D eigenvalue weighted by atomic mass is 79.9. The van der Waals surface area contributed by atoms with Crippen molar-refractivity contribution in [2.45, 2.75) is 12.4 Å². The number of carbonyl (C=O) groups excluding carboxylic acids is 2. The number of halogens is 8. The Kier molecular flexibility index (Phi) is 6.24. The molecule has 3 amide bonds. The van der Waals surface area contributed by atoms with E-state index in [1.165, 1.54) is 18.3 Å². The van der Waals surface area contributed by atoms with Gasteiger partial charge in [-0.15, -0.1) is 0 Å². The van der Waals surface area contributed by atoms with Crippen molar-refractivity contribution < 1.29 is 35.9 Å². The Bertz CT molecular complexity index is 933. The van der Waals surface area contributed by atoms with Crippen molar-refractivity contribution in [3.63, 3.8) is 0 Å². The van der Waals surface area contributed by atoms with Crippen LogP contribution < -0.4 is 10.6 Å². The van der Waals surface area contributed by atoms with Gasteiger partial charge in [-0.05, 0) is 40.2 Å². The minimum atomic E-state index is -5.13. The summed E-state index contributed by atoms with van der Waals surface area (Å²) in [5.74, 6) is -1.06. The molecule has 2 aromatic rings. The molecule has 0 radical (unpaired) electrons. The lowest BCUT2D eigenvalue weighted by atomic mass is 10.1. The van der Waals surface area contributed by atoms with Gasteiger partial charge in [0.05, 0.1) is 26.9 Å². The molecule has 0 unspecified atom stereocenters. The van der Waals surface area contributed by atoms with Crippen LogP contribution in [-0.2, 0) is 12.4 Å². The van der Waals surface area contributed by atoms with E-state index in [1.807, 2.05) is 0 Å². The molecule has 0 atom stereocenters. The van der Waals surface area contributed by atoms with E-state index in [1.54, 1.807) is 10.6 Å². The molecule has 2 N–H and O–H groups in total. The quantitative estimate of drug-likeness (QED) is 0.432. The second-order valence-corrected chi connectivity index (χ2v) is 6.28. The van der Waals surface area contributed by atoms with Gasteiger partial charge in [-0.25, -0.2) is 9.78 Å². The molecular weight excluding hydrogens is 484 g/mol. The molecule has 2 rings (SSSR count). The van der Waals surface area contributed by atoms with Gasteiger partial charge in [0.15, 0.2) is 0 Å². The number of urea groups is 1. The monoisotopic (exact) mass is 489 g/mol. The number of nitrogens with one attached hydrogen (secondary N) is 2. The van der Waals surface area contributed by atoms with E-state index in [0.29, 0.717) is 6.07 Å². The van der Waals surface area contributed by atoms with E-state index in [0.717, 1.165) is 0 Å². The third-order valence-electron chi connectivity index (χ3n) is 3.18. The number of alkyl halides is 6. The van der Waals surface area contributed by atoms with Gasteiger partial charge in [0.25, 0.3) is 5.91 Å². The molecule has 0 spiro atoms. The van der Waals surface area contributed by atoms with Crippen molar-refractivity contribution in [3.05, 3.63) is 56.8 Å². The van der Waals surface area contributed by atoms with Crippen molar-refractivity contribution in [2.24, 2.45) is 0 Å². The van der Waals surface area contributed by atoms with E-state index < -0.39 is 45.6 Å². The van der Waals surface area contributed by atoms with Crippen LogP contribution in [0.4, 0.5) is 36.8 Å². The second kappa shape index (κ2) is 7.95. The fourth-order valence-electron chi connectivity index (χ4n) is 1.96. The Morgan fingerprint density at radius 1 is 1.07 bits per heavy atom. The third kappa shape index (κ3) is 5.13. The summed E-state index contributed by atoms with van der Waals surface area (Å²) >= 11 is 8.19. The minimum Gasteiger partial charge on any atom is -0.307 e. The zero-order valence-electron chi connectivity index (χ0n) is 13.2. The van der Waals surface area contributed by atoms with Crippen LogP contribution >= 0.6 is 27.5 Å². The van der Waals surface area contributed by atoms with Crippen LogP contribution in [0.5, 0.6) is 0 Å². The van der Waals surface area contributed by atoms with Crippen molar-refractivity contribution >= 4 is 45.2 Å². The summed E-state index contributed by atoms with van der Waals surface area (Å²) < 4.78 is 76.9. The Labute approximate surface area is 166 Å². The van der Waals surface area contributed by atoms with Gasteiger partial charge >= 0.3 is 18.4 Å². The van der Waals surface area contributed by atoms with Gasteiger partial charge < -0.3 is 5.32 Å². The summed E-state index contributed by atoms with van der Waals surface area (Å²) in [5, 5.41) is 3.25. The average molecular weight is 491 g/mol. The van der Waals surface area contributed by atoms with Crippen LogP contribution in [0.25, 0.3) is 0 Å². The van der Waals surface area contributed by atoms with E-state index in [-0.39, 0.29) is 16.8 Å². The SMILES string of the molecule is O=C(NC(=O)c1cccnc1Cl)Nc1cc(C(F)(F)F)cc(C(F)(F)F)c1Br. The number of rotatable bonds is 2. The number of nitrogens with zero attached hydrogens (tertiary/aromatic N) is 1. The average Bonchev–Trinajstić information content (AvgIpc) is 2.54. The number of anilines is 1. The van der Waals surface area contributed by atoms with Crippen LogP contribution in [-0.4, -0.2) is 16.9 Å². The van der Waals surface area contributed by atoms with Crippen molar-refractivity contribution in [3.8, 4) is 0 Å². The fourth-order valence-corrected chi connectivity index (χ4v) is 2.72. The van der Waals surface area contributed by atoms with Gasteiger partial charge in [-0.3, -0.25) is 10.1 Å². The second-order valence-electron chi connectivity index (χ2n) is 5.13. The molecule has 150 valence electrons. The number of benzene rings is 1. The molecule has 0 aliphatic carbocycles. The van der Waals surface area contributed by atoms with E-state index in [9.17, 15) is 35.9 Å². The largest absolute Gasteiger partial charge is 0.417 e. The van der Waals surface area contributed by atoms with Gasteiger partial charge in [0, 0.05) is 6.20 Å². The number of aromatic nitrogens is 1. The minimum absolute atomic E-state index is 0.103. The number of hydrogen-bond acceptors (Lipinski definition) is 3. The highest BCUT2D eigenvalue weighted by molar-refractivity contribution is 9.10. The summed E-state index contributed by atoms with van der Waals surface area (Å²) in [5.41, 5.74) is -4.36. The number of amides is 3. The molecule has 0 fully saturated rings. The summed E-state index contributed by atoms with van der Waals surface area (Å²) in [6, 6.07) is 1.35. The summed E-state index contributed by atoms with van der Waals surface area (Å²) in [6.45, 7) is 0. The highest BCUT2D eigenvalue weighted by Crippen LogP contribution is 2.43. The van der Waals surface area contributed by atoms with Gasteiger partial charge in [0.1, 0.15) is 5.15 Å². The highest BCUT2D eigenvalue weighted by Gasteiger charge is 2.39. The maximum absolute atomic E-state index is 13.0. The molecule has 0 aliphatic heterocycles. The molecule has 0 bridgehead atoms. The van der Waals surface area contributed by atoms with Crippen LogP contribution in [0.1, 0.15) is 21.5 Å². The molecule has 1 aromatic heterocycles. The first-order valence-corrected chi connectivity index (χ1v) is 8.18. The lowest BCUT2D eigenvalue weighted by Gasteiger charge is -2.17. The van der Waals surface area contributed by atoms with Gasteiger partial charge in [0.2, 0.25) is 0 Å². The first-order valence-electron chi connectivity index (χ1n) is 7.01. The molecule has 13 heteroatoms. The first-order chi connectivity index (χ1) is 12.8. The maximum Gasteiger partial charge on any atom is 0.417 e. The van der Waals surface area contributed by atoms with Crippen molar-refractivity contribution in [1.82, 2.24) is 10.3 Å². The Morgan fingerprint density at radius 2 is 1.71 bits per heavy atom. The van der Waals surface area contributed by atoms with Crippen molar-refractivity contribution in [2.75, 3.05) is 5.32 Å². The number of carbonyl (C=O) groups is 2. The van der Waals surface area contributed by atoms with Gasteiger partial charge in [-0.1, -0.05) is 11.6 Å². The molecule has 0 saturated heterocycles. The Balaban J connectivity index is 2.33. The van der Waals surface area contributed by atoms with Crippen LogP contribution in [0.15, 0.2) is 34.9 Å². The summed E-state index contributed by atoms with van der Waals surface area (Å²) in [7, 11) is 0. The van der Waals surface area contributed by atoms with Crippen LogP contribution in [0.3, 0.4) is 0 Å². The predicted molar refractivity (Wildman–Crippen MR) is 89.9 cm³/mol. The van der Waals surface area contributed by atoms with E-state index in [4.69, 9.17) is 11.6 Å². The maximum atomic E-state index is 13.0. The molecule has 0 aliphatic rings. The molecule has 5 nitrogen and oxygen atoms in total. The van der Waals surface area contributed by atoms with Crippen LogP contribution in [0, 0.1) is 0 Å². The smallest absolute Gasteiger partial charge is 0.307 e. The first kappa shape index (κ1) is 22.0. The number of hydrogen-bond donors (Lipinski definition) is 2. The summed E-state index contributed by atoms with van der Waals surface area (Å²) in [4.78, 5) is 27.4. The third-order valence-corrected chi connectivity index (χ3v) is 4.34. The molecular formula is C15H7BrClF6N3O2. The Morgan fingerprint density at radius 3 is 2.25 bits per heavy atom. The topological polar surface area (TPSA) is 71.1 Å². The van der Waals surface area contributed by atoms with E-state index in [2.05, 4.69) is 20.9 Å². The van der Waals surface area contributed by atoms with Crippen molar-refractivity contribution in [1.29, 1.82) is 0 Å². The lowest BCUT2D eigenvalue weighted by molar-refractivity contribution is -0.143. The molecule has 28 heavy (non-hydrogen) atoms. The van der Waals surface area contributed by atoms with Crippen LogP contribution in [0.2, 0.25) is 5.15 Å². The van der Waals surface area contributed by atoms with Gasteiger partial charge in [-0.2, -0.15) is 26.3 Å². The number of pyridine rings is 1. The molecule has 1 heterocycles. The predicted octanol–water partition coefficient (Wildman–Crippen LogP) is 5.50. The zero-order valence-corrected chi connectivity index (χ0v) is 15.5. The number of imide groups is 1. The molecule has 1 aromatic carbocycles. The normalized spacial score (nSPS) is 11.9. The summed E-state index contributed by atoms with van der Waals surface area (Å²) in [6.07, 6.45) is -8.98. The molecule has 0 saturated carbocycles.